The second-order valence-corrected chi connectivity index (χ2v) is 8.61. The summed E-state index contributed by atoms with van der Waals surface area (Å²) in [7, 11) is 0. The summed E-state index contributed by atoms with van der Waals surface area (Å²) in [6.45, 7) is 6.58. The van der Waals surface area contributed by atoms with Crippen LogP contribution < -0.4 is 14.2 Å². The number of benzene rings is 2. The van der Waals surface area contributed by atoms with Crippen LogP contribution in [0.1, 0.15) is 24.2 Å². The van der Waals surface area contributed by atoms with Crippen molar-refractivity contribution < 1.29 is 28.5 Å². The lowest BCUT2D eigenvalue weighted by Crippen LogP contribution is -2.51. The molecule has 0 aromatic heterocycles. The van der Waals surface area contributed by atoms with Gasteiger partial charge in [-0.2, -0.15) is 0 Å². The number of carbonyl (C=O) groups is 2. The Balaban J connectivity index is 1.36. The summed E-state index contributed by atoms with van der Waals surface area (Å²) in [5.41, 5.74) is 0.547. The summed E-state index contributed by atoms with van der Waals surface area (Å²) in [6, 6.07) is 14.5. The first-order valence-corrected chi connectivity index (χ1v) is 11.3. The van der Waals surface area contributed by atoms with Crippen molar-refractivity contribution in [3.8, 4) is 17.2 Å². The molecule has 1 saturated heterocycles. The zero-order valence-corrected chi connectivity index (χ0v) is 19.1. The van der Waals surface area contributed by atoms with Crippen molar-refractivity contribution in [2.45, 2.75) is 20.0 Å². The third-order valence-corrected chi connectivity index (χ3v) is 5.51. The van der Waals surface area contributed by atoms with Crippen molar-refractivity contribution in [3.63, 3.8) is 0 Å². The number of para-hydroxylation sites is 1. The second-order valence-electron chi connectivity index (χ2n) is 8.61. The summed E-state index contributed by atoms with van der Waals surface area (Å²) in [4.78, 5) is 29.5. The highest BCUT2D eigenvalue weighted by molar-refractivity contribution is 5.95. The number of rotatable bonds is 8. The predicted octanol–water partition coefficient (Wildman–Crippen LogP) is 2.82. The average Bonchev–Trinajstić information content (AvgIpc) is 3.30. The smallest absolute Gasteiger partial charge is 0.260 e. The number of fused-ring (bicyclic) bond motifs is 1. The predicted molar refractivity (Wildman–Crippen MR) is 122 cm³/mol. The molecule has 0 saturated carbocycles. The number of morpholine rings is 1. The van der Waals surface area contributed by atoms with Crippen LogP contribution in [-0.2, 0) is 9.53 Å². The van der Waals surface area contributed by atoms with E-state index >= 15 is 0 Å². The van der Waals surface area contributed by atoms with Gasteiger partial charge in [0.15, 0.2) is 18.1 Å². The molecule has 0 bridgehead atoms. The highest BCUT2D eigenvalue weighted by atomic mass is 16.7. The number of ether oxygens (including phenoxy) is 4. The number of hydrogen-bond acceptors (Lipinski definition) is 6. The summed E-state index contributed by atoms with van der Waals surface area (Å²) in [5.74, 6) is 1.99. The third-order valence-electron chi connectivity index (χ3n) is 5.51. The quantitative estimate of drug-likeness (QED) is 0.611. The van der Waals surface area contributed by atoms with Gasteiger partial charge in [-0.05, 0) is 36.2 Å². The maximum Gasteiger partial charge on any atom is 0.260 e. The topological polar surface area (TPSA) is 77.5 Å². The van der Waals surface area contributed by atoms with E-state index in [1.165, 1.54) is 0 Å². The summed E-state index contributed by atoms with van der Waals surface area (Å²) < 4.78 is 22.3. The van der Waals surface area contributed by atoms with Crippen molar-refractivity contribution >= 4 is 11.8 Å². The van der Waals surface area contributed by atoms with Crippen LogP contribution in [0.2, 0.25) is 0 Å². The van der Waals surface area contributed by atoms with Gasteiger partial charge in [0, 0.05) is 31.7 Å². The van der Waals surface area contributed by atoms with E-state index < -0.39 is 0 Å². The fourth-order valence-corrected chi connectivity index (χ4v) is 3.94. The highest BCUT2D eigenvalue weighted by Crippen LogP contribution is 2.33. The molecule has 8 nitrogen and oxygen atoms in total. The molecule has 2 aromatic rings. The molecule has 2 heterocycles. The van der Waals surface area contributed by atoms with E-state index in [1.807, 2.05) is 30.3 Å². The van der Waals surface area contributed by atoms with Crippen molar-refractivity contribution in [3.05, 3.63) is 54.1 Å². The average molecular weight is 455 g/mol. The first-order valence-electron chi connectivity index (χ1n) is 11.3. The maximum absolute atomic E-state index is 13.1. The van der Waals surface area contributed by atoms with Crippen LogP contribution in [0.25, 0.3) is 0 Å². The Kier molecular flexibility index (Phi) is 7.34. The molecule has 4 rings (SSSR count). The van der Waals surface area contributed by atoms with Gasteiger partial charge in [-0.1, -0.05) is 32.0 Å². The second kappa shape index (κ2) is 10.6. The first kappa shape index (κ1) is 22.9. The van der Waals surface area contributed by atoms with Gasteiger partial charge in [0.25, 0.3) is 11.8 Å². The van der Waals surface area contributed by atoms with Gasteiger partial charge in [0.2, 0.25) is 6.79 Å². The molecule has 33 heavy (non-hydrogen) atoms. The third kappa shape index (κ3) is 5.96. The van der Waals surface area contributed by atoms with Crippen molar-refractivity contribution in [2.24, 2.45) is 5.92 Å². The number of hydrogen-bond donors (Lipinski definition) is 0. The first-order chi connectivity index (χ1) is 16.0. The van der Waals surface area contributed by atoms with Crippen LogP contribution in [0.5, 0.6) is 17.2 Å². The Morgan fingerprint density at radius 1 is 1.12 bits per heavy atom. The fourth-order valence-electron chi connectivity index (χ4n) is 3.94. The van der Waals surface area contributed by atoms with E-state index in [4.69, 9.17) is 18.9 Å². The summed E-state index contributed by atoms with van der Waals surface area (Å²) in [6.07, 6.45) is -0.267. The van der Waals surface area contributed by atoms with Crippen LogP contribution in [-0.4, -0.2) is 73.9 Å². The molecule has 2 aliphatic heterocycles. The molecule has 2 aliphatic rings. The van der Waals surface area contributed by atoms with Gasteiger partial charge < -0.3 is 28.7 Å². The van der Waals surface area contributed by atoms with Crippen molar-refractivity contribution in [1.29, 1.82) is 0 Å². The minimum atomic E-state index is -0.267. The molecular weight excluding hydrogens is 424 g/mol. The zero-order valence-electron chi connectivity index (χ0n) is 19.1. The minimum absolute atomic E-state index is 0.0384. The van der Waals surface area contributed by atoms with Crippen molar-refractivity contribution in [1.82, 2.24) is 9.80 Å². The van der Waals surface area contributed by atoms with E-state index in [9.17, 15) is 9.59 Å². The standard InChI is InChI=1S/C25H30N2O6/c1-18(2)13-27(24(28)16-31-20-6-4-3-5-7-20)15-21-14-26(10-11-30-21)25(29)19-8-9-22-23(12-19)33-17-32-22/h3-9,12,18,21H,10-11,13-17H2,1-2H3. The zero-order chi connectivity index (χ0) is 23.2. The lowest BCUT2D eigenvalue weighted by atomic mass is 10.1. The summed E-state index contributed by atoms with van der Waals surface area (Å²) >= 11 is 0. The van der Waals surface area contributed by atoms with E-state index in [0.29, 0.717) is 61.5 Å². The molecule has 0 radical (unpaired) electrons. The Hall–Kier alpha value is -3.26. The molecular formula is C25H30N2O6. The lowest BCUT2D eigenvalue weighted by Gasteiger charge is -2.36. The van der Waals surface area contributed by atoms with E-state index in [2.05, 4.69) is 13.8 Å². The van der Waals surface area contributed by atoms with Crippen LogP contribution in [0, 0.1) is 5.92 Å². The molecule has 1 unspecified atom stereocenters. The SMILES string of the molecule is CC(C)CN(CC1CN(C(=O)c2ccc3c(c2)OCO3)CCO1)C(=O)COc1ccccc1. The van der Waals surface area contributed by atoms with Crippen LogP contribution >= 0.6 is 0 Å². The van der Waals surface area contributed by atoms with Crippen LogP contribution in [0.15, 0.2) is 48.5 Å². The minimum Gasteiger partial charge on any atom is -0.484 e. The molecule has 0 N–H and O–H groups in total. The van der Waals surface area contributed by atoms with Gasteiger partial charge in [-0.25, -0.2) is 0 Å². The van der Waals surface area contributed by atoms with E-state index in [0.717, 1.165) is 0 Å². The van der Waals surface area contributed by atoms with E-state index in [-0.39, 0.29) is 31.3 Å². The molecule has 1 fully saturated rings. The molecule has 2 amide bonds. The Morgan fingerprint density at radius 3 is 2.70 bits per heavy atom. The van der Waals surface area contributed by atoms with Gasteiger partial charge >= 0.3 is 0 Å². The molecule has 0 spiro atoms. The Bertz CT molecular complexity index is 965. The monoisotopic (exact) mass is 454 g/mol. The normalized spacial score (nSPS) is 17.2. The van der Waals surface area contributed by atoms with Gasteiger partial charge in [-0.3, -0.25) is 9.59 Å². The fraction of sp³-hybridized carbons (Fsp3) is 0.440. The molecule has 1 atom stereocenters. The molecule has 176 valence electrons. The van der Waals surface area contributed by atoms with Gasteiger partial charge in [0.1, 0.15) is 5.75 Å². The Labute approximate surface area is 194 Å². The van der Waals surface area contributed by atoms with Crippen LogP contribution in [0.3, 0.4) is 0 Å². The molecule has 8 heteroatoms. The highest BCUT2D eigenvalue weighted by Gasteiger charge is 2.29. The number of amides is 2. The van der Waals surface area contributed by atoms with Gasteiger partial charge in [-0.15, -0.1) is 0 Å². The Morgan fingerprint density at radius 2 is 1.91 bits per heavy atom. The number of carbonyl (C=O) groups excluding carboxylic acids is 2. The van der Waals surface area contributed by atoms with Crippen molar-refractivity contribution in [2.75, 3.05) is 46.2 Å². The van der Waals surface area contributed by atoms with E-state index in [1.54, 1.807) is 28.0 Å². The summed E-state index contributed by atoms with van der Waals surface area (Å²) in [5, 5.41) is 0. The maximum atomic E-state index is 13.1. The number of nitrogens with zero attached hydrogens (tertiary/aromatic N) is 2. The largest absolute Gasteiger partial charge is 0.484 e. The lowest BCUT2D eigenvalue weighted by molar-refractivity contribution is -0.137. The molecule has 2 aromatic carbocycles. The van der Waals surface area contributed by atoms with Gasteiger partial charge in [0.05, 0.1) is 12.7 Å². The van der Waals surface area contributed by atoms with Crippen LogP contribution in [0.4, 0.5) is 0 Å². The molecule has 0 aliphatic carbocycles.